The molecule has 26 heavy (non-hydrogen) atoms. The second-order valence-electron chi connectivity index (χ2n) is 6.10. The van der Waals surface area contributed by atoms with Gasteiger partial charge in [-0.15, -0.1) is 0 Å². The molecule has 140 valence electrons. The lowest BCUT2D eigenvalue weighted by Gasteiger charge is -2.28. The number of rotatable bonds is 8. The monoisotopic (exact) mass is 363 g/mol. The average molecular weight is 363 g/mol. The molecule has 0 radical (unpaired) electrons. The van der Waals surface area contributed by atoms with E-state index in [1.807, 2.05) is 6.07 Å². The lowest BCUT2D eigenvalue weighted by atomic mass is 9.90. The van der Waals surface area contributed by atoms with Crippen LogP contribution >= 0.6 is 0 Å². The average Bonchev–Trinajstić information content (AvgIpc) is 2.59. The Balaban J connectivity index is 2.62. The van der Waals surface area contributed by atoms with Crippen molar-refractivity contribution in [2.75, 3.05) is 6.61 Å². The highest BCUT2D eigenvalue weighted by Gasteiger charge is 2.32. The molecule has 0 aliphatic carbocycles. The summed E-state index contributed by atoms with van der Waals surface area (Å²) in [6, 6.07) is 7.61. The number of carbonyl (C=O) groups is 2. The molecule has 0 spiro atoms. The van der Waals surface area contributed by atoms with Gasteiger partial charge in [0.05, 0.1) is 11.0 Å². The minimum absolute atomic E-state index is 0.0802. The molecular weight excluding hydrogens is 342 g/mol. The highest BCUT2D eigenvalue weighted by molar-refractivity contribution is 5.84. The summed E-state index contributed by atoms with van der Waals surface area (Å²) < 4.78 is 10.1. The fourth-order valence-electron chi connectivity index (χ4n) is 1.81. The third kappa shape index (κ3) is 5.44. The molecule has 0 aromatic heterocycles. The standard InChI is InChI=1S/C17H21N3O6/c1-11(2)17(4,10-18)19-16(22)12(3)26-15(21)9-25-14-8-6-5-7-13(14)20(23)24/h5-8,11-12H,9H2,1-4H3,(H,19,22). The smallest absolute Gasteiger partial charge is 0.344 e. The zero-order valence-corrected chi connectivity index (χ0v) is 15.0. The van der Waals surface area contributed by atoms with E-state index in [0.29, 0.717) is 0 Å². The van der Waals surface area contributed by atoms with Crippen molar-refractivity contribution in [1.82, 2.24) is 5.32 Å². The van der Waals surface area contributed by atoms with E-state index in [0.717, 1.165) is 0 Å². The molecule has 1 aromatic carbocycles. The molecule has 1 aromatic rings. The van der Waals surface area contributed by atoms with E-state index in [1.165, 1.54) is 31.2 Å². The van der Waals surface area contributed by atoms with Gasteiger partial charge in [-0.2, -0.15) is 5.26 Å². The van der Waals surface area contributed by atoms with Gasteiger partial charge in [0.2, 0.25) is 0 Å². The first kappa shape index (κ1) is 20.9. The predicted molar refractivity (Wildman–Crippen MR) is 91.1 cm³/mol. The van der Waals surface area contributed by atoms with Crippen molar-refractivity contribution < 1.29 is 24.0 Å². The van der Waals surface area contributed by atoms with E-state index in [-0.39, 0.29) is 17.4 Å². The molecule has 0 heterocycles. The molecule has 2 unspecified atom stereocenters. The van der Waals surface area contributed by atoms with Crippen LogP contribution in [0, 0.1) is 27.4 Å². The summed E-state index contributed by atoms with van der Waals surface area (Å²) in [7, 11) is 0. The second-order valence-corrected chi connectivity index (χ2v) is 6.10. The molecule has 0 fully saturated rings. The van der Waals surface area contributed by atoms with Crippen LogP contribution in [0.2, 0.25) is 0 Å². The quantitative estimate of drug-likeness (QED) is 0.424. The van der Waals surface area contributed by atoms with Crippen LogP contribution in [0.3, 0.4) is 0 Å². The Labute approximate surface area is 151 Å². The van der Waals surface area contributed by atoms with Crippen LogP contribution in [0.15, 0.2) is 24.3 Å². The van der Waals surface area contributed by atoms with E-state index in [9.17, 15) is 25.0 Å². The number of hydrogen-bond donors (Lipinski definition) is 1. The summed E-state index contributed by atoms with van der Waals surface area (Å²) in [4.78, 5) is 34.2. The van der Waals surface area contributed by atoms with Crippen molar-refractivity contribution in [3.05, 3.63) is 34.4 Å². The minimum atomic E-state index is -1.15. The van der Waals surface area contributed by atoms with Gasteiger partial charge >= 0.3 is 11.7 Å². The van der Waals surface area contributed by atoms with E-state index in [2.05, 4.69) is 5.32 Å². The zero-order valence-electron chi connectivity index (χ0n) is 15.0. The number of amides is 1. The number of nitro benzene ring substituents is 1. The molecular formula is C17H21N3O6. The summed E-state index contributed by atoms with van der Waals surface area (Å²) in [6.45, 7) is 5.89. The first-order valence-electron chi connectivity index (χ1n) is 7.89. The highest BCUT2D eigenvalue weighted by atomic mass is 16.6. The fourth-order valence-corrected chi connectivity index (χ4v) is 1.81. The van der Waals surface area contributed by atoms with E-state index in [1.54, 1.807) is 20.8 Å². The number of nitrogens with zero attached hydrogens (tertiary/aromatic N) is 2. The van der Waals surface area contributed by atoms with Gasteiger partial charge in [-0.1, -0.05) is 26.0 Å². The highest BCUT2D eigenvalue weighted by Crippen LogP contribution is 2.25. The van der Waals surface area contributed by atoms with Crippen LogP contribution in [0.1, 0.15) is 27.7 Å². The first-order valence-corrected chi connectivity index (χ1v) is 7.89. The summed E-state index contributed by atoms with van der Waals surface area (Å²) in [5.41, 5.74) is -1.38. The molecule has 2 atom stereocenters. The van der Waals surface area contributed by atoms with Crippen LogP contribution in [0.5, 0.6) is 5.75 Å². The van der Waals surface area contributed by atoms with Gasteiger partial charge in [-0.25, -0.2) is 4.79 Å². The Morgan fingerprint density at radius 1 is 1.35 bits per heavy atom. The van der Waals surface area contributed by atoms with Crippen molar-refractivity contribution >= 4 is 17.6 Å². The van der Waals surface area contributed by atoms with Gasteiger partial charge < -0.3 is 14.8 Å². The largest absolute Gasteiger partial charge is 0.475 e. The van der Waals surface area contributed by atoms with Gasteiger partial charge in [-0.3, -0.25) is 14.9 Å². The SMILES string of the molecule is CC(OC(=O)COc1ccccc1[N+](=O)[O-])C(=O)NC(C)(C#N)C(C)C. The van der Waals surface area contributed by atoms with Crippen LogP contribution in [-0.4, -0.2) is 35.0 Å². The van der Waals surface area contributed by atoms with Crippen LogP contribution < -0.4 is 10.1 Å². The summed E-state index contributed by atoms with van der Waals surface area (Å²) in [6.07, 6.45) is -1.15. The number of nitro groups is 1. The lowest BCUT2D eigenvalue weighted by molar-refractivity contribution is -0.385. The maximum absolute atomic E-state index is 12.1. The maximum atomic E-state index is 12.1. The molecule has 0 aliphatic heterocycles. The molecule has 1 rings (SSSR count). The Kier molecular flexibility index (Phi) is 7.07. The van der Waals surface area contributed by atoms with Crippen LogP contribution in [-0.2, 0) is 14.3 Å². The van der Waals surface area contributed by atoms with Crippen molar-refractivity contribution in [3.8, 4) is 11.8 Å². The number of nitrogens with one attached hydrogen (secondary N) is 1. The number of esters is 1. The number of carbonyl (C=O) groups excluding carboxylic acids is 2. The Hall–Kier alpha value is -3.15. The summed E-state index contributed by atoms with van der Waals surface area (Å²) in [5.74, 6) is -1.72. The van der Waals surface area contributed by atoms with Crippen molar-refractivity contribution in [2.24, 2.45) is 5.92 Å². The molecule has 9 heteroatoms. The Morgan fingerprint density at radius 2 is 1.96 bits per heavy atom. The second kappa shape index (κ2) is 8.80. The molecule has 1 amide bonds. The van der Waals surface area contributed by atoms with Crippen LogP contribution in [0.25, 0.3) is 0 Å². The van der Waals surface area contributed by atoms with Gasteiger partial charge in [0, 0.05) is 6.07 Å². The van der Waals surface area contributed by atoms with Gasteiger partial charge in [0.25, 0.3) is 5.91 Å². The van der Waals surface area contributed by atoms with Crippen molar-refractivity contribution in [2.45, 2.75) is 39.3 Å². The van der Waals surface area contributed by atoms with Gasteiger partial charge in [0.1, 0.15) is 5.54 Å². The van der Waals surface area contributed by atoms with Gasteiger partial charge in [0.15, 0.2) is 18.5 Å². The van der Waals surface area contributed by atoms with Crippen molar-refractivity contribution in [1.29, 1.82) is 5.26 Å². The van der Waals surface area contributed by atoms with E-state index >= 15 is 0 Å². The van der Waals surface area contributed by atoms with Crippen LogP contribution in [0.4, 0.5) is 5.69 Å². The number of hydrogen-bond acceptors (Lipinski definition) is 7. The number of ether oxygens (including phenoxy) is 2. The molecule has 1 N–H and O–H groups in total. The molecule has 9 nitrogen and oxygen atoms in total. The molecule has 0 saturated carbocycles. The molecule has 0 saturated heterocycles. The topological polar surface area (TPSA) is 132 Å². The number of para-hydroxylation sites is 2. The van der Waals surface area contributed by atoms with Crippen molar-refractivity contribution in [3.63, 3.8) is 0 Å². The predicted octanol–water partition coefficient (Wildman–Crippen LogP) is 1.96. The Bertz CT molecular complexity index is 727. The molecule has 0 aliphatic rings. The normalized spacial score (nSPS) is 13.8. The third-order valence-corrected chi connectivity index (χ3v) is 3.85. The molecule has 0 bridgehead atoms. The lowest BCUT2D eigenvalue weighted by Crippen LogP contribution is -2.52. The fraction of sp³-hybridized carbons (Fsp3) is 0.471. The minimum Gasteiger partial charge on any atom is -0.475 e. The number of benzene rings is 1. The zero-order chi connectivity index (χ0) is 19.9. The summed E-state index contributed by atoms with van der Waals surface area (Å²) >= 11 is 0. The maximum Gasteiger partial charge on any atom is 0.344 e. The Morgan fingerprint density at radius 3 is 2.50 bits per heavy atom. The number of nitriles is 1. The van der Waals surface area contributed by atoms with Gasteiger partial charge in [-0.05, 0) is 25.8 Å². The summed E-state index contributed by atoms with van der Waals surface area (Å²) in [5, 5.41) is 22.6. The van der Waals surface area contributed by atoms with E-state index < -0.39 is 35.0 Å². The first-order chi connectivity index (χ1) is 12.1. The van der Waals surface area contributed by atoms with E-state index in [4.69, 9.17) is 9.47 Å². The third-order valence-electron chi connectivity index (χ3n) is 3.85.